The molecule has 2 aromatic rings. The monoisotopic (exact) mass is 227 g/mol. The SMILES string of the molecule is CN1CCN(c2cccc3ccncc23)CC1. The number of piperazine rings is 1. The number of hydrogen-bond acceptors (Lipinski definition) is 3. The van der Waals surface area contributed by atoms with Crippen LogP contribution < -0.4 is 4.90 Å². The fourth-order valence-corrected chi connectivity index (χ4v) is 2.42. The fourth-order valence-electron chi connectivity index (χ4n) is 2.42. The van der Waals surface area contributed by atoms with Crippen LogP contribution in [0, 0.1) is 0 Å². The Kier molecular flexibility index (Phi) is 2.69. The number of fused-ring (bicyclic) bond motifs is 1. The zero-order valence-electron chi connectivity index (χ0n) is 10.1. The molecule has 0 atom stereocenters. The van der Waals surface area contributed by atoms with Crippen molar-refractivity contribution in [2.24, 2.45) is 0 Å². The lowest BCUT2D eigenvalue weighted by molar-refractivity contribution is 0.313. The summed E-state index contributed by atoms with van der Waals surface area (Å²) in [5.41, 5.74) is 1.32. The molecule has 2 heterocycles. The lowest BCUT2D eigenvalue weighted by atomic mass is 10.1. The quantitative estimate of drug-likeness (QED) is 0.742. The van der Waals surface area contributed by atoms with Gasteiger partial charge >= 0.3 is 0 Å². The Morgan fingerprint density at radius 1 is 1.06 bits per heavy atom. The van der Waals surface area contributed by atoms with Crippen LogP contribution in [0.1, 0.15) is 0 Å². The molecule has 88 valence electrons. The fraction of sp³-hybridized carbons (Fsp3) is 0.357. The zero-order valence-corrected chi connectivity index (χ0v) is 10.1. The molecular weight excluding hydrogens is 210 g/mol. The summed E-state index contributed by atoms with van der Waals surface area (Å²) in [7, 11) is 2.18. The van der Waals surface area contributed by atoms with Crippen LogP contribution >= 0.6 is 0 Å². The Hall–Kier alpha value is -1.61. The van der Waals surface area contributed by atoms with Crippen molar-refractivity contribution in [1.29, 1.82) is 0 Å². The van der Waals surface area contributed by atoms with Crippen molar-refractivity contribution >= 4 is 16.5 Å². The minimum Gasteiger partial charge on any atom is -0.368 e. The van der Waals surface area contributed by atoms with Crippen molar-refractivity contribution in [3.8, 4) is 0 Å². The Bertz CT molecular complexity index is 510. The first-order valence-electron chi connectivity index (χ1n) is 6.11. The maximum atomic E-state index is 4.25. The van der Waals surface area contributed by atoms with Gasteiger partial charge in [0.2, 0.25) is 0 Å². The number of likely N-dealkylation sites (N-methyl/N-ethyl adjacent to an activating group) is 1. The van der Waals surface area contributed by atoms with E-state index in [9.17, 15) is 0 Å². The summed E-state index contributed by atoms with van der Waals surface area (Å²) in [5, 5.41) is 2.54. The van der Waals surface area contributed by atoms with Crippen LogP contribution in [0.15, 0.2) is 36.7 Å². The Morgan fingerprint density at radius 2 is 1.88 bits per heavy atom. The van der Waals surface area contributed by atoms with E-state index in [4.69, 9.17) is 0 Å². The second kappa shape index (κ2) is 4.34. The Labute approximate surface area is 102 Å². The van der Waals surface area contributed by atoms with Gasteiger partial charge in [0, 0.05) is 49.6 Å². The number of nitrogens with zero attached hydrogens (tertiary/aromatic N) is 3. The molecule has 3 heteroatoms. The Balaban J connectivity index is 2.00. The van der Waals surface area contributed by atoms with Crippen LogP contribution in [0.25, 0.3) is 10.8 Å². The number of benzene rings is 1. The summed E-state index contributed by atoms with van der Waals surface area (Å²) in [6.07, 6.45) is 3.83. The van der Waals surface area contributed by atoms with Crippen LogP contribution in [0.4, 0.5) is 5.69 Å². The lowest BCUT2D eigenvalue weighted by Crippen LogP contribution is -2.44. The molecule has 0 radical (unpaired) electrons. The number of hydrogen-bond donors (Lipinski definition) is 0. The average molecular weight is 227 g/mol. The van der Waals surface area contributed by atoms with Crippen LogP contribution in [0.5, 0.6) is 0 Å². The summed E-state index contributed by atoms with van der Waals surface area (Å²) in [6.45, 7) is 4.47. The van der Waals surface area contributed by atoms with E-state index < -0.39 is 0 Å². The number of aromatic nitrogens is 1. The number of anilines is 1. The summed E-state index contributed by atoms with van der Waals surface area (Å²) >= 11 is 0. The maximum Gasteiger partial charge on any atom is 0.0462 e. The molecule has 1 aliphatic heterocycles. The van der Waals surface area contributed by atoms with E-state index >= 15 is 0 Å². The largest absolute Gasteiger partial charge is 0.368 e. The molecule has 1 saturated heterocycles. The van der Waals surface area contributed by atoms with Crippen LogP contribution in [-0.2, 0) is 0 Å². The van der Waals surface area contributed by atoms with Gasteiger partial charge in [-0.15, -0.1) is 0 Å². The van der Waals surface area contributed by atoms with Crippen molar-refractivity contribution in [3.05, 3.63) is 36.7 Å². The molecule has 1 aromatic carbocycles. The summed E-state index contributed by atoms with van der Waals surface area (Å²) < 4.78 is 0. The van der Waals surface area contributed by atoms with Gasteiger partial charge in [0.1, 0.15) is 0 Å². The van der Waals surface area contributed by atoms with E-state index in [1.165, 1.54) is 16.5 Å². The topological polar surface area (TPSA) is 19.4 Å². The zero-order chi connectivity index (χ0) is 11.7. The van der Waals surface area contributed by atoms with Gasteiger partial charge in [-0.25, -0.2) is 0 Å². The van der Waals surface area contributed by atoms with Crippen molar-refractivity contribution in [1.82, 2.24) is 9.88 Å². The molecule has 0 N–H and O–H groups in total. The molecule has 0 aliphatic carbocycles. The smallest absolute Gasteiger partial charge is 0.0462 e. The van der Waals surface area contributed by atoms with E-state index in [0.29, 0.717) is 0 Å². The number of rotatable bonds is 1. The molecule has 17 heavy (non-hydrogen) atoms. The maximum absolute atomic E-state index is 4.25. The minimum absolute atomic E-state index is 1.10. The molecule has 0 saturated carbocycles. The van der Waals surface area contributed by atoms with E-state index in [1.54, 1.807) is 0 Å². The first-order valence-corrected chi connectivity index (χ1v) is 6.11. The van der Waals surface area contributed by atoms with Gasteiger partial charge in [-0.1, -0.05) is 12.1 Å². The van der Waals surface area contributed by atoms with Crippen molar-refractivity contribution in [2.75, 3.05) is 38.1 Å². The predicted molar refractivity (Wildman–Crippen MR) is 71.5 cm³/mol. The summed E-state index contributed by atoms with van der Waals surface area (Å²) in [6, 6.07) is 8.57. The van der Waals surface area contributed by atoms with Gasteiger partial charge in [0.25, 0.3) is 0 Å². The molecule has 1 aliphatic rings. The molecule has 1 aromatic heterocycles. The molecule has 3 rings (SSSR count). The summed E-state index contributed by atoms with van der Waals surface area (Å²) in [5.74, 6) is 0. The molecular formula is C14H17N3. The highest BCUT2D eigenvalue weighted by Gasteiger charge is 2.15. The van der Waals surface area contributed by atoms with Gasteiger partial charge in [-0.3, -0.25) is 4.98 Å². The Morgan fingerprint density at radius 3 is 2.71 bits per heavy atom. The number of pyridine rings is 1. The third kappa shape index (κ3) is 1.98. The molecule has 3 nitrogen and oxygen atoms in total. The second-order valence-electron chi connectivity index (χ2n) is 4.66. The van der Waals surface area contributed by atoms with E-state index in [2.05, 4.69) is 46.1 Å². The van der Waals surface area contributed by atoms with Crippen LogP contribution in [-0.4, -0.2) is 43.1 Å². The summed E-state index contributed by atoms with van der Waals surface area (Å²) in [4.78, 5) is 9.08. The third-order valence-electron chi connectivity index (χ3n) is 3.50. The highest BCUT2D eigenvalue weighted by Crippen LogP contribution is 2.26. The standard InChI is InChI=1S/C14H17N3/c1-16-7-9-17(10-8-16)14-4-2-3-12-5-6-15-11-13(12)14/h2-6,11H,7-10H2,1H3. The van der Waals surface area contributed by atoms with Crippen molar-refractivity contribution in [3.63, 3.8) is 0 Å². The minimum atomic E-state index is 1.10. The van der Waals surface area contributed by atoms with Gasteiger partial charge in [0.05, 0.1) is 0 Å². The van der Waals surface area contributed by atoms with Gasteiger partial charge in [-0.2, -0.15) is 0 Å². The van der Waals surface area contributed by atoms with Crippen molar-refractivity contribution < 1.29 is 0 Å². The third-order valence-corrected chi connectivity index (χ3v) is 3.50. The van der Waals surface area contributed by atoms with E-state index in [0.717, 1.165) is 26.2 Å². The molecule has 1 fully saturated rings. The van der Waals surface area contributed by atoms with Gasteiger partial charge in [0.15, 0.2) is 0 Å². The molecule has 0 amide bonds. The first kappa shape index (κ1) is 10.5. The first-order chi connectivity index (χ1) is 8.34. The highest BCUT2D eigenvalue weighted by molar-refractivity contribution is 5.93. The molecule has 0 unspecified atom stereocenters. The normalized spacial score (nSPS) is 17.6. The van der Waals surface area contributed by atoms with Crippen LogP contribution in [0.2, 0.25) is 0 Å². The lowest BCUT2D eigenvalue weighted by Gasteiger charge is -2.34. The predicted octanol–water partition coefficient (Wildman–Crippen LogP) is 1.99. The highest BCUT2D eigenvalue weighted by atomic mass is 15.2. The van der Waals surface area contributed by atoms with Gasteiger partial charge < -0.3 is 9.80 Å². The van der Waals surface area contributed by atoms with Crippen LogP contribution in [0.3, 0.4) is 0 Å². The van der Waals surface area contributed by atoms with Gasteiger partial charge in [-0.05, 0) is 24.6 Å². The molecule has 0 spiro atoms. The average Bonchev–Trinajstić information content (AvgIpc) is 2.39. The second-order valence-corrected chi connectivity index (χ2v) is 4.66. The van der Waals surface area contributed by atoms with Crippen molar-refractivity contribution in [2.45, 2.75) is 0 Å². The van der Waals surface area contributed by atoms with E-state index in [-0.39, 0.29) is 0 Å². The van der Waals surface area contributed by atoms with E-state index in [1.807, 2.05) is 12.4 Å². The molecule has 0 bridgehead atoms.